The van der Waals surface area contributed by atoms with Crippen LogP contribution in [0.2, 0.25) is 0 Å². The number of methoxy groups -OCH3 is 1. The molecule has 1 aromatic rings. The number of benzene rings is 1. The molecule has 35 heavy (non-hydrogen) atoms. The lowest BCUT2D eigenvalue weighted by Crippen LogP contribution is -2.46. The zero-order valence-electron chi connectivity index (χ0n) is 21.1. The van der Waals surface area contributed by atoms with Gasteiger partial charge in [0.25, 0.3) is 0 Å². The molecule has 192 valence electrons. The van der Waals surface area contributed by atoms with Gasteiger partial charge in [-0.05, 0) is 76.5 Å². The van der Waals surface area contributed by atoms with Crippen LogP contribution in [0, 0.1) is 5.92 Å². The SMILES string of the molecule is COc1ccc2c3c1O[C@@H]1C[C@@](O)(CC=C1OC(=O)CCNC(=O)OC(C)(C)C)[C@H](CCCC3)C2. The van der Waals surface area contributed by atoms with E-state index in [1.807, 2.05) is 6.07 Å². The van der Waals surface area contributed by atoms with Gasteiger partial charge >= 0.3 is 12.1 Å². The van der Waals surface area contributed by atoms with Crippen LogP contribution in [0.3, 0.4) is 0 Å². The first-order valence-electron chi connectivity index (χ1n) is 12.5. The summed E-state index contributed by atoms with van der Waals surface area (Å²) in [5.41, 5.74) is 0.766. The van der Waals surface area contributed by atoms with Gasteiger partial charge in [0, 0.05) is 18.5 Å². The number of amides is 1. The molecule has 4 rings (SSSR count). The summed E-state index contributed by atoms with van der Waals surface area (Å²) in [5.74, 6) is 1.33. The van der Waals surface area contributed by atoms with E-state index in [1.54, 1.807) is 34.0 Å². The summed E-state index contributed by atoms with van der Waals surface area (Å²) >= 11 is 0. The maximum atomic E-state index is 12.6. The van der Waals surface area contributed by atoms with Crippen LogP contribution in [0.5, 0.6) is 11.5 Å². The van der Waals surface area contributed by atoms with Crippen LogP contribution in [0.1, 0.15) is 70.4 Å². The predicted octanol–water partition coefficient (Wildman–Crippen LogP) is 4.21. The largest absolute Gasteiger partial charge is 0.493 e. The van der Waals surface area contributed by atoms with E-state index < -0.39 is 29.4 Å². The van der Waals surface area contributed by atoms with Crippen LogP contribution in [-0.2, 0) is 27.1 Å². The van der Waals surface area contributed by atoms with Gasteiger partial charge in [0.2, 0.25) is 0 Å². The summed E-state index contributed by atoms with van der Waals surface area (Å²) in [6, 6.07) is 4.01. The van der Waals surface area contributed by atoms with Crippen molar-refractivity contribution in [2.75, 3.05) is 13.7 Å². The number of esters is 1. The zero-order chi connectivity index (χ0) is 25.2. The van der Waals surface area contributed by atoms with Crippen LogP contribution in [0.4, 0.5) is 4.79 Å². The molecule has 3 aliphatic rings. The molecule has 0 saturated heterocycles. The number of carbonyl (C=O) groups excluding carboxylic acids is 2. The van der Waals surface area contributed by atoms with Crippen molar-refractivity contribution in [3.05, 3.63) is 35.1 Å². The quantitative estimate of drug-likeness (QED) is 0.600. The predicted molar refractivity (Wildman–Crippen MR) is 129 cm³/mol. The van der Waals surface area contributed by atoms with E-state index in [4.69, 9.17) is 18.9 Å². The second-order valence-corrected chi connectivity index (χ2v) is 10.8. The van der Waals surface area contributed by atoms with Gasteiger partial charge in [-0.25, -0.2) is 4.79 Å². The first kappa shape index (κ1) is 25.4. The Morgan fingerprint density at radius 3 is 2.80 bits per heavy atom. The highest BCUT2D eigenvalue weighted by molar-refractivity contribution is 5.73. The Labute approximate surface area is 207 Å². The molecule has 0 radical (unpaired) electrons. The van der Waals surface area contributed by atoms with Crippen LogP contribution in [0.15, 0.2) is 24.0 Å². The van der Waals surface area contributed by atoms with Crippen molar-refractivity contribution in [3.63, 3.8) is 0 Å². The lowest BCUT2D eigenvalue weighted by molar-refractivity contribution is -0.142. The molecule has 6 bridgehead atoms. The monoisotopic (exact) mass is 487 g/mol. The number of nitrogens with one attached hydrogen (secondary N) is 1. The minimum absolute atomic E-state index is 0.0136. The lowest BCUT2D eigenvalue weighted by Gasteiger charge is -2.41. The topological polar surface area (TPSA) is 103 Å². The first-order chi connectivity index (χ1) is 16.6. The highest BCUT2D eigenvalue weighted by atomic mass is 16.6. The Morgan fingerprint density at radius 2 is 2.06 bits per heavy atom. The van der Waals surface area contributed by atoms with Crippen molar-refractivity contribution in [3.8, 4) is 11.5 Å². The number of hydrogen-bond acceptors (Lipinski definition) is 7. The fourth-order valence-corrected chi connectivity index (χ4v) is 5.28. The minimum Gasteiger partial charge on any atom is -0.493 e. The fourth-order valence-electron chi connectivity index (χ4n) is 5.28. The molecule has 8 nitrogen and oxygen atoms in total. The lowest BCUT2D eigenvalue weighted by atomic mass is 9.71. The summed E-state index contributed by atoms with van der Waals surface area (Å²) in [6.45, 7) is 5.42. The maximum Gasteiger partial charge on any atom is 0.407 e. The van der Waals surface area contributed by atoms with Crippen LogP contribution in [-0.4, -0.2) is 48.1 Å². The van der Waals surface area contributed by atoms with Gasteiger partial charge in [-0.2, -0.15) is 0 Å². The number of aliphatic hydroxyl groups is 1. The number of ether oxygens (including phenoxy) is 4. The van der Waals surface area contributed by atoms with Crippen molar-refractivity contribution < 1.29 is 33.6 Å². The molecule has 2 N–H and O–H groups in total. The average molecular weight is 488 g/mol. The summed E-state index contributed by atoms with van der Waals surface area (Å²) in [4.78, 5) is 24.4. The van der Waals surface area contributed by atoms with Gasteiger partial charge in [0.1, 0.15) is 11.4 Å². The average Bonchev–Trinajstić information content (AvgIpc) is 2.76. The number of hydrogen-bond donors (Lipinski definition) is 2. The van der Waals surface area contributed by atoms with E-state index in [0.29, 0.717) is 30.1 Å². The summed E-state index contributed by atoms with van der Waals surface area (Å²) in [7, 11) is 1.62. The highest BCUT2D eigenvalue weighted by Gasteiger charge is 2.45. The van der Waals surface area contributed by atoms with E-state index in [2.05, 4.69) is 11.4 Å². The summed E-state index contributed by atoms with van der Waals surface area (Å²) in [5, 5.41) is 14.3. The molecule has 0 spiro atoms. The van der Waals surface area contributed by atoms with Crippen molar-refractivity contribution in [2.24, 2.45) is 5.92 Å². The second-order valence-electron chi connectivity index (χ2n) is 10.8. The van der Waals surface area contributed by atoms with Crippen molar-refractivity contribution in [1.29, 1.82) is 0 Å². The summed E-state index contributed by atoms with van der Waals surface area (Å²) in [6.07, 6.45) is 6.01. The van der Waals surface area contributed by atoms with Gasteiger partial charge in [-0.3, -0.25) is 4.79 Å². The molecule has 0 saturated carbocycles. The van der Waals surface area contributed by atoms with Crippen molar-refractivity contribution >= 4 is 12.1 Å². The maximum absolute atomic E-state index is 12.6. The Hall–Kier alpha value is -2.74. The van der Waals surface area contributed by atoms with E-state index >= 15 is 0 Å². The van der Waals surface area contributed by atoms with E-state index in [9.17, 15) is 14.7 Å². The standard InChI is InChI=1S/C27H37NO7/c1-26(2,3)35-25(30)28-14-12-23(29)33-20-11-13-27(31)16-22(20)34-24-19-8-6-5-7-18(27)15-17(19)9-10-21(24)32-4/h9-11,18,22,31H,5-8,12-16H2,1-4H3,(H,28,30)/t18-,22-,27+/m1/s1. The van der Waals surface area contributed by atoms with Crippen LogP contribution >= 0.6 is 0 Å². The van der Waals surface area contributed by atoms with E-state index in [1.165, 1.54) is 5.56 Å². The third-order valence-corrected chi connectivity index (χ3v) is 7.00. The van der Waals surface area contributed by atoms with Gasteiger partial charge in [-0.1, -0.05) is 12.5 Å². The first-order valence-corrected chi connectivity index (χ1v) is 12.5. The number of carbonyl (C=O) groups is 2. The Kier molecular flexibility index (Phi) is 7.31. The molecule has 1 aliphatic heterocycles. The van der Waals surface area contributed by atoms with E-state index in [0.717, 1.165) is 37.7 Å². The van der Waals surface area contributed by atoms with Gasteiger partial charge in [-0.15, -0.1) is 0 Å². The molecule has 0 unspecified atom stereocenters. The van der Waals surface area contributed by atoms with Crippen molar-refractivity contribution in [2.45, 2.75) is 89.4 Å². The molecule has 3 atom stereocenters. The number of rotatable bonds is 5. The van der Waals surface area contributed by atoms with Crippen molar-refractivity contribution in [1.82, 2.24) is 5.32 Å². The molecule has 1 heterocycles. The molecule has 8 heteroatoms. The fraction of sp³-hybridized carbons (Fsp3) is 0.630. The van der Waals surface area contributed by atoms with Crippen LogP contribution < -0.4 is 14.8 Å². The van der Waals surface area contributed by atoms with Crippen LogP contribution in [0.25, 0.3) is 0 Å². The van der Waals surface area contributed by atoms with Gasteiger partial charge in [0.15, 0.2) is 17.6 Å². The zero-order valence-corrected chi connectivity index (χ0v) is 21.1. The third-order valence-electron chi connectivity index (χ3n) is 7.00. The number of fused-ring (bicyclic) bond motifs is 4. The Morgan fingerprint density at radius 1 is 1.26 bits per heavy atom. The second kappa shape index (κ2) is 10.1. The van der Waals surface area contributed by atoms with Gasteiger partial charge in [0.05, 0.1) is 19.1 Å². The molecule has 0 aromatic heterocycles. The minimum atomic E-state index is -0.937. The van der Waals surface area contributed by atoms with Gasteiger partial charge < -0.3 is 29.4 Å². The molecular formula is C27H37NO7. The summed E-state index contributed by atoms with van der Waals surface area (Å²) < 4.78 is 23.0. The normalized spacial score (nSPS) is 25.5. The Balaban J connectivity index is 1.51. The highest BCUT2D eigenvalue weighted by Crippen LogP contribution is 2.47. The molecular weight excluding hydrogens is 450 g/mol. The molecule has 2 aliphatic carbocycles. The molecule has 0 fully saturated rings. The third kappa shape index (κ3) is 5.92. The molecule has 1 amide bonds. The van der Waals surface area contributed by atoms with E-state index in [-0.39, 0.29) is 18.9 Å². The number of alkyl carbamates (subject to hydrolysis) is 1. The Bertz CT molecular complexity index is 996. The smallest absolute Gasteiger partial charge is 0.407 e. The molecule has 1 aromatic carbocycles.